The van der Waals surface area contributed by atoms with Gasteiger partial charge in [0, 0.05) is 11.8 Å². The van der Waals surface area contributed by atoms with E-state index in [2.05, 4.69) is 18.8 Å². The summed E-state index contributed by atoms with van der Waals surface area (Å²) < 4.78 is 0. The van der Waals surface area contributed by atoms with Crippen molar-refractivity contribution >= 4 is 5.78 Å². The Morgan fingerprint density at radius 3 is 2.70 bits per heavy atom. The lowest BCUT2D eigenvalue weighted by molar-refractivity contribution is -0.196. The predicted molar refractivity (Wildman–Crippen MR) is 88.5 cm³/mol. The molecule has 4 nitrogen and oxygen atoms in total. The number of fused-ring (bicyclic) bond motifs is 1. The van der Waals surface area contributed by atoms with Gasteiger partial charge in [0.25, 0.3) is 0 Å². The molecule has 130 valence electrons. The number of carbonyl (C=O) groups is 1. The maximum absolute atomic E-state index is 11.9. The lowest BCUT2D eigenvalue weighted by Crippen LogP contribution is -2.68. The van der Waals surface area contributed by atoms with Gasteiger partial charge in [-0.25, -0.2) is 0 Å². The summed E-state index contributed by atoms with van der Waals surface area (Å²) in [6, 6.07) is 0. The molecule has 2 fully saturated rings. The van der Waals surface area contributed by atoms with Crippen molar-refractivity contribution in [1.29, 1.82) is 0 Å². The van der Waals surface area contributed by atoms with Crippen LogP contribution in [0.3, 0.4) is 0 Å². The minimum atomic E-state index is -1.30. The van der Waals surface area contributed by atoms with Gasteiger partial charge >= 0.3 is 0 Å². The van der Waals surface area contributed by atoms with E-state index in [1.165, 1.54) is 19.3 Å². The van der Waals surface area contributed by atoms with Gasteiger partial charge < -0.3 is 15.3 Å². The fourth-order valence-electron chi connectivity index (χ4n) is 4.12. The highest BCUT2D eigenvalue weighted by atomic mass is 16.3. The van der Waals surface area contributed by atoms with Gasteiger partial charge in [-0.2, -0.15) is 0 Å². The molecular weight excluding hydrogens is 292 g/mol. The van der Waals surface area contributed by atoms with Gasteiger partial charge in [-0.05, 0) is 25.7 Å². The highest BCUT2D eigenvalue weighted by Gasteiger charge is 2.64. The molecule has 1 unspecified atom stereocenters. The molecule has 0 aromatic carbocycles. The number of aliphatic hydroxyl groups excluding tert-OH is 2. The number of ketones is 1. The number of Topliss-reactive ketones (excluding diaryl/α,β-unsaturated/α-hetero) is 1. The van der Waals surface area contributed by atoms with Crippen molar-refractivity contribution in [2.24, 2.45) is 17.8 Å². The Kier molecular flexibility index (Phi) is 6.25. The zero-order chi connectivity index (χ0) is 17.0. The Hall–Kier alpha value is -0.890. The van der Waals surface area contributed by atoms with Crippen molar-refractivity contribution in [3.63, 3.8) is 0 Å². The lowest BCUT2D eigenvalue weighted by atomic mass is 9.50. The summed E-state index contributed by atoms with van der Waals surface area (Å²) in [4.78, 5) is 11.9. The van der Waals surface area contributed by atoms with E-state index in [1.807, 2.05) is 0 Å². The van der Waals surface area contributed by atoms with Crippen molar-refractivity contribution in [3.8, 4) is 11.8 Å². The SMILES string of the molecule is CCCCCCC[C@H](O)C#C[C@H]1[C@H](O)CC[C@]2(O)C(=O)C(C)[C@H]12. The molecule has 0 radical (unpaired) electrons. The summed E-state index contributed by atoms with van der Waals surface area (Å²) in [5.41, 5.74) is -1.30. The van der Waals surface area contributed by atoms with Gasteiger partial charge in [-0.15, -0.1) is 0 Å². The minimum Gasteiger partial charge on any atom is -0.392 e. The van der Waals surface area contributed by atoms with Crippen LogP contribution in [0.25, 0.3) is 0 Å². The van der Waals surface area contributed by atoms with E-state index in [4.69, 9.17) is 0 Å². The van der Waals surface area contributed by atoms with Crippen LogP contribution in [0.4, 0.5) is 0 Å². The molecule has 2 aliphatic rings. The molecule has 4 heteroatoms. The first kappa shape index (κ1) is 18.4. The third kappa shape index (κ3) is 3.79. The Labute approximate surface area is 139 Å². The van der Waals surface area contributed by atoms with E-state index >= 15 is 0 Å². The highest BCUT2D eigenvalue weighted by Crippen LogP contribution is 2.52. The molecule has 0 aromatic heterocycles. The van der Waals surface area contributed by atoms with Crippen LogP contribution in [-0.2, 0) is 4.79 Å². The average Bonchev–Trinajstić information content (AvgIpc) is 2.54. The van der Waals surface area contributed by atoms with Gasteiger partial charge in [0.05, 0.1) is 12.0 Å². The first-order valence-corrected chi connectivity index (χ1v) is 9.05. The molecule has 0 heterocycles. The largest absolute Gasteiger partial charge is 0.392 e. The summed E-state index contributed by atoms with van der Waals surface area (Å²) in [6.07, 6.45) is 5.70. The van der Waals surface area contributed by atoms with Crippen LogP contribution < -0.4 is 0 Å². The maximum atomic E-state index is 11.9. The molecule has 0 saturated heterocycles. The zero-order valence-corrected chi connectivity index (χ0v) is 14.3. The second-order valence-electron chi connectivity index (χ2n) is 7.24. The molecule has 0 bridgehead atoms. The number of unbranched alkanes of at least 4 members (excludes halogenated alkanes) is 4. The van der Waals surface area contributed by atoms with E-state index in [9.17, 15) is 20.1 Å². The van der Waals surface area contributed by atoms with Crippen LogP contribution in [0.1, 0.15) is 65.2 Å². The molecule has 2 saturated carbocycles. The molecule has 3 N–H and O–H groups in total. The number of aliphatic hydroxyl groups is 3. The van der Waals surface area contributed by atoms with Gasteiger partial charge in [-0.3, -0.25) is 4.79 Å². The molecule has 0 amide bonds. The summed E-state index contributed by atoms with van der Waals surface area (Å²) in [5, 5.41) is 30.6. The van der Waals surface area contributed by atoms with Crippen LogP contribution in [0, 0.1) is 29.6 Å². The fraction of sp³-hybridized carbons (Fsp3) is 0.842. The number of hydrogen-bond acceptors (Lipinski definition) is 4. The smallest absolute Gasteiger partial charge is 0.167 e. The van der Waals surface area contributed by atoms with Gasteiger partial charge in [0.15, 0.2) is 5.78 Å². The van der Waals surface area contributed by atoms with Crippen LogP contribution in [0.15, 0.2) is 0 Å². The van der Waals surface area contributed by atoms with Crippen molar-refractivity contribution in [3.05, 3.63) is 0 Å². The van der Waals surface area contributed by atoms with Gasteiger partial charge in [0.2, 0.25) is 0 Å². The van der Waals surface area contributed by atoms with Crippen molar-refractivity contribution in [2.75, 3.05) is 0 Å². The molecular formula is C19H30O4. The molecule has 0 aromatic rings. The molecule has 0 spiro atoms. The van der Waals surface area contributed by atoms with E-state index in [-0.39, 0.29) is 17.6 Å². The van der Waals surface area contributed by atoms with E-state index in [0.717, 1.165) is 12.8 Å². The third-order valence-corrected chi connectivity index (χ3v) is 5.55. The van der Waals surface area contributed by atoms with Gasteiger partial charge in [-0.1, -0.05) is 51.4 Å². The Morgan fingerprint density at radius 2 is 2.00 bits per heavy atom. The molecule has 6 atom stereocenters. The normalized spacial score (nSPS) is 37.3. The molecule has 23 heavy (non-hydrogen) atoms. The molecule has 2 aliphatic carbocycles. The first-order chi connectivity index (χ1) is 10.9. The minimum absolute atomic E-state index is 0.127. The van der Waals surface area contributed by atoms with E-state index in [0.29, 0.717) is 19.3 Å². The zero-order valence-electron chi connectivity index (χ0n) is 14.3. The topological polar surface area (TPSA) is 77.8 Å². The quantitative estimate of drug-likeness (QED) is 0.517. The predicted octanol–water partition coefficient (Wildman–Crippen LogP) is 2.05. The second kappa shape index (κ2) is 7.79. The standard InChI is InChI=1S/C19H30O4/c1-3-4-5-6-7-8-14(20)9-10-15-16(21)11-12-19(23)17(15)13(2)18(19)22/h13-17,20-21,23H,3-8,11-12H2,1-2H3/t13?,14-,15-,16+,17+,19+/m0/s1. The summed E-state index contributed by atoms with van der Waals surface area (Å²) >= 11 is 0. The van der Waals surface area contributed by atoms with Crippen LogP contribution in [0.5, 0.6) is 0 Å². The Bertz CT molecular complexity index is 477. The average molecular weight is 322 g/mol. The van der Waals surface area contributed by atoms with Crippen LogP contribution in [-0.4, -0.2) is 38.9 Å². The molecule has 2 rings (SSSR count). The molecule has 0 aliphatic heterocycles. The van der Waals surface area contributed by atoms with Crippen LogP contribution in [0.2, 0.25) is 0 Å². The lowest BCUT2D eigenvalue weighted by Gasteiger charge is -2.55. The fourth-order valence-corrected chi connectivity index (χ4v) is 4.12. The third-order valence-electron chi connectivity index (χ3n) is 5.55. The summed E-state index contributed by atoms with van der Waals surface area (Å²) in [6.45, 7) is 3.96. The highest BCUT2D eigenvalue weighted by molar-refractivity contribution is 5.96. The first-order valence-electron chi connectivity index (χ1n) is 9.05. The van der Waals surface area contributed by atoms with Crippen molar-refractivity contribution in [2.45, 2.75) is 83.0 Å². The Balaban J connectivity index is 1.89. The van der Waals surface area contributed by atoms with E-state index < -0.39 is 23.7 Å². The maximum Gasteiger partial charge on any atom is 0.167 e. The number of carbonyl (C=O) groups excluding carboxylic acids is 1. The summed E-state index contributed by atoms with van der Waals surface area (Å²) in [5.74, 6) is 4.69. The number of hydrogen-bond donors (Lipinski definition) is 3. The van der Waals surface area contributed by atoms with Crippen molar-refractivity contribution < 1.29 is 20.1 Å². The second-order valence-corrected chi connectivity index (χ2v) is 7.24. The Morgan fingerprint density at radius 1 is 1.30 bits per heavy atom. The van der Waals surface area contributed by atoms with Gasteiger partial charge in [0.1, 0.15) is 11.7 Å². The van der Waals surface area contributed by atoms with Crippen molar-refractivity contribution in [1.82, 2.24) is 0 Å². The number of rotatable bonds is 6. The van der Waals surface area contributed by atoms with E-state index in [1.54, 1.807) is 6.92 Å². The summed E-state index contributed by atoms with van der Waals surface area (Å²) in [7, 11) is 0. The monoisotopic (exact) mass is 322 g/mol. The van der Waals surface area contributed by atoms with Crippen LogP contribution >= 0.6 is 0 Å².